The summed E-state index contributed by atoms with van der Waals surface area (Å²) in [5.74, 6) is -3.55. The second-order valence-corrected chi connectivity index (χ2v) is 7.36. The van der Waals surface area contributed by atoms with E-state index < -0.39 is 55.6 Å². The van der Waals surface area contributed by atoms with Crippen LogP contribution in [0.15, 0.2) is 29.3 Å². The molecule has 0 aliphatic rings. The first-order valence-corrected chi connectivity index (χ1v) is 8.86. The summed E-state index contributed by atoms with van der Waals surface area (Å²) in [6, 6.07) is 4.23. The predicted molar refractivity (Wildman–Crippen MR) is 83.8 cm³/mol. The molecule has 25 heavy (non-hydrogen) atoms. The molecule has 0 bridgehead atoms. The smallest absolute Gasteiger partial charge is 0.418 e. The van der Waals surface area contributed by atoms with Crippen LogP contribution in [0, 0.1) is 5.92 Å². The highest BCUT2D eigenvalue weighted by Crippen LogP contribution is 2.50. The van der Waals surface area contributed by atoms with Gasteiger partial charge in [-0.05, 0) is 18.6 Å². The van der Waals surface area contributed by atoms with Gasteiger partial charge in [0.15, 0.2) is 0 Å². The number of carboxylic acid groups (broad SMARTS) is 2. The molecular formula is C14H16F3NO6P+. The second kappa shape index (κ2) is 8.37. The van der Waals surface area contributed by atoms with Gasteiger partial charge < -0.3 is 10.2 Å². The molecule has 0 radical (unpaired) electrons. The quantitative estimate of drug-likeness (QED) is 0.404. The van der Waals surface area contributed by atoms with Gasteiger partial charge in [0.2, 0.25) is 5.96 Å². The molecule has 0 saturated heterocycles. The van der Waals surface area contributed by atoms with Crippen molar-refractivity contribution in [3.05, 3.63) is 29.8 Å². The first-order chi connectivity index (χ1) is 11.4. The van der Waals surface area contributed by atoms with Crippen molar-refractivity contribution in [1.82, 2.24) is 0 Å². The molecule has 0 amide bonds. The number of halogens is 3. The number of rotatable bonds is 8. The van der Waals surface area contributed by atoms with Gasteiger partial charge in [0, 0.05) is 6.42 Å². The summed E-state index contributed by atoms with van der Waals surface area (Å²) in [7, 11) is -4.08. The van der Waals surface area contributed by atoms with Crippen molar-refractivity contribution in [2.75, 3.05) is 6.16 Å². The van der Waals surface area contributed by atoms with E-state index in [0.717, 1.165) is 18.2 Å². The fourth-order valence-electron chi connectivity index (χ4n) is 1.94. The van der Waals surface area contributed by atoms with Gasteiger partial charge in [0.05, 0.1) is 17.2 Å². The molecular weight excluding hydrogens is 366 g/mol. The van der Waals surface area contributed by atoms with Crippen molar-refractivity contribution in [2.45, 2.75) is 19.0 Å². The Morgan fingerprint density at radius 2 is 1.80 bits per heavy atom. The number of para-hydroxylation sites is 1. The van der Waals surface area contributed by atoms with Crippen LogP contribution in [-0.4, -0.2) is 44.1 Å². The molecule has 138 valence electrons. The average Bonchev–Trinajstić information content (AvgIpc) is 2.48. The number of carboxylic acids is 2. The van der Waals surface area contributed by atoms with E-state index in [0.29, 0.717) is 5.96 Å². The summed E-state index contributed by atoms with van der Waals surface area (Å²) in [6.07, 6.45) is -6.25. The molecule has 1 aromatic carbocycles. The van der Waals surface area contributed by atoms with E-state index in [2.05, 4.69) is 4.99 Å². The Balaban J connectivity index is 2.94. The van der Waals surface area contributed by atoms with Crippen LogP contribution in [0.5, 0.6) is 0 Å². The molecule has 0 fully saturated rings. The number of nitrogens with zero attached hydrogens (tertiary/aromatic N) is 1. The summed E-state index contributed by atoms with van der Waals surface area (Å²) in [4.78, 5) is 44.8. The minimum absolute atomic E-state index is 0.347. The summed E-state index contributed by atoms with van der Waals surface area (Å²) in [5, 5.41) is 17.6. The van der Waals surface area contributed by atoms with Crippen LogP contribution in [0.1, 0.15) is 18.4 Å². The zero-order chi connectivity index (χ0) is 19.3. The van der Waals surface area contributed by atoms with E-state index in [1.165, 1.54) is 6.07 Å². The molecule has 0 aromatic heterocycles. The number of aliphatic carboxylic acids is 2. The third-order valence-electron chi connectivity index (χ3n) is 3.14. The Labute approximate surface area is 141 Å². The molecule has 1 rings (SSSR count). The molecule has 1 aromatic rings. The van der Waals surface area contributed by atoms with Gasteiger partial charge >= 0.3 is 25.8 Å². The van der Waals surface area contributed by atoms with Crippen LogP contribution in [-0.2, 0) is 15.8 Å². The Hall–Kier alpha value is -2.03. The van der Waals surface area contributed by atoms with Crippen molar-refractivity contribution in [1.29, 1.82) is 0 Å². The molecule has 11 heteroatoms. The highest BCUT2D eigenvalue weighted by Gasteiger charge is 2.39. The Morgan fingerprint density at radius 1 is 1.20 bits per heavy atom. The lowest BCUT2D eigenvalue weighted by atomic mass is 10.1. The number of carbonyl (C=O) groups is 2. The van der Waals surface area contributed by atoms with E-state index in [9.17, 15) is 32.5 Å². The third-order valence-corrected chi connectivity index (χ3v) is 4.60. The largest absolute Gasteiger partial charge is 0.481 e. The van der Waals surface area contributed by atoms with E-state index in [1.54, 1.807) is 0 Å². The second-order valence-electron chi connectivity index (χ2n) is 5.20. The Kier molecular flexibility index (Phi) is 7.04. The van der Waals surface area contributed by atoms with E-state index >= 15 is 0 Å². The summed E-state index contributed by atoms with van der Waals surface area (Å²) >= 11 is 0. The van der Waals surface area contributed by atoms with Crippen LogP contribution >= 0.6 is 7.72 Å². The lowest BCUT2D eigenvalue weighted by Crippen LogP contribution is -2.21. The van der Waals surface area contributed by atoms with E-state index in [4.69, 9.17) is 10.2 Å². The van der Waals surface area contributed by atoms with Crippen LogP contribution in [0.4, 0.5) is 18.9 Å². The zero-order valence-electron chi connectivity index (χ0n) is 12.7. The van der Waals surface area contributed by atoms with Crippen molar-refractivity contribution in [3.63, 3.8) is 0 Å². The lowest BCUT2D eigenvalue weighted by molar-refractivity contribution is -0.142. The minimum Gasteiger partial charge on any atom is -0.481 e. The average molecular weight is 382 g/mol. The SMILES string of the molecule is O=C(O)CCC(C[P+](O)(O)C=Nc1ccccc1C(F)(F)F)C(=O)O. The standard InChI is InChI=1S/C14H15F3NO6P/c15-14(16,17)10-3-1-2-4-11(10)18-8-25(23,24)7-9(13(21)22)5-6-12(19)20/h1-4,8-9,23-24H,5-7H2,(H-,19,20,21,22)/p+1. The fraction of sp³-hybridized carbons (Fsp3) is 0.357. The molecule has 0 spiro atoms. The maximum Gasteiger partial charge on any atom is 0.418 e. The topological polar surface area (TPSA) is 127 Å². The number of aliphatic imine (C=N–C) groups is 1. The molecule has 4 N–H and O–H groups in total. The molecule has 0 saturated carbocycles. The van der Waals surface area contributed by atoms with Crippen molar-refractivity contribution < 1.29 is 42.8 Å². The zero-order valence-corrected chi connectivity index (χ0v) is 13.6. The summed E-state index contributed by atoms with van der Waals surface area (Å²) in [5.41, 5.74) is -1.62. The Bertz CT molecular complexity index is 662. The molecule has 1 unspecified atom stereocenters. The number of hydrogen-bond acceptors (Lipinski definition) is 5. The van der Waals surface area contributed by atoms with Gasteiger partial charge in [-0.1, -0.05) is 12.1 Å². The highest BCUT2D eigenvalue weighted by molar-refractivity contribution is 7.79. The van der Waals surface area contributed by atoms with Crippen LogP contribution in [0.2, 0.25) is 0 Å². The van der Waals surface area contributed by atoms with E-state index in [-0.39, 0.29) is 6.42 Å². The molecule has 0 heterocycles. The normalized spacial score (nSPS) is 13.8. The van der Waals surface area contributed by atoms with Gasteiger partial charge in [-0.25, -0.2) is 14.8 Å². The minimum atomic E-state index is -4.69. The summed E-state index contributed by atoms with van der Waals surface area (Å²) < 4.78 is 38.5. The fourth-order valence-corrected chi connectivity index (χ4v) is 3.33. The first kappa shape index (κ1) is 21.0. The number of hydrogen-bond donors (Lipinski definition) is 4. The maximum atomic E-state index is 12.8. The highest BCUT2D eigenvalue weighted by atomic mass is 31.2. The molecule has 0 aliphatic heterocycles. The number of benzene rings is 1. The van der Waals surface area contributed by atoms with Gasteiger partial charge in [0.25, 0.3) is 0 Å². The number of alkyl halides is 3. The van der Waals surface area contributed by atoms with Gasteiger partial charge in [-0.15, -0.1) is 0 Å². The maximum absolute atomic E-state index is 12.8. The molecule has 0 aliphatic carbocycles. The summed E-state index contributed by atoms with van der Waals surface area (Å²) in [6.45, 7) is 0. The van der Waals surface area contributed by atoms with Crippen molar-refractivity contribution in [3.8, 4) is 0 Å². The third kappa shape index (κ3) is 7.16. The van der Waals surface area contributed by atoms with E-state index in [1.807, 2.05) is 0 Å². The van der Waals surface area contributed by atoms with Gasteiger partial charge in [-0.2, -0.15) is 13.2 Å². The van der Waals surface area contributed by atoms with Crippen LogP contribution in [0.25, 0.3) is 0 Å². The lowest BCUT2D eigenvalue weighted by Gasteiger charge is -2.14. The molecule has 1 atom stereocenters. The van der Waals surface area contributed by atoms with Gasteiger partial charge in [0.1, 0.15) is 6.16 Å². The monoisotopic (exact) mass is 382 g/mol. The van der Waals surface area contributed by atoms with Crippen LogP contribution < -0.4 is 0 Å². The first-order valence-electron chi connectivity index (χ1n) is 6.91. The van der Waals surface area contributed by atoms with Crippen molar-refractivity contribution >= 4 is 31.3 Å². The van der Waals surface area contributed by atoms with Gasteiger partial charge in [-0.3, -0.25) is 9.59 Å². The Morgan fingerprint density at radius 3 is 2.32 bits per heavy atom. The van der Waals surface area contributed by atoms with Crippen LogP contribution in [0.3, 0.4) is 0 Å². The molecule has 7 nitrogen and oxygen atoms in total. The predicted octanol–water partition coefficient (Wildman–Crippen LogP) is 2.76. The van der Waals surface area contributed by atoms with Crippen molar-refractivity contribution in [2.24, 2.45) is 10.9 Å².